The first-order chi connectivity index (χ1) is 14.8. The van der Waals surface area contributed by atoms with E-state index in [1.165, 1.54) is 6.07 Å². The van der Waals surface area contributed by atoms with E-state index < -0.39 is 9.84 Å². The molecule has 164 valence electrons. The highest BCUT2D eigenvalue weighted by atomic mass is 32.2. The number of hydrogen-bond acceptors (Lipinski definition) is 5. The monoisotopic (exact) mass is 443 g/mol. The quantitative estimate of drug-likeness (QED) is 0.778. The van der Waals surface area contributed by atoms with Crippen LogP contribution in [0.15, 0.2) is 24.4 Å². The molecule has 1 N–H and O–H groups in total. The van der Waals surface area contributed by atoms with Gasteiger partial charge in [-0.15, -0.1) is 0 Å². The molecule has 6 rings (SSSR count). The van der Waals surface area contributed by atoms with Crippen LogP contribution in [0.4, 0.5) is 15.8 Å². The molecule has 1 aliphatic heterocycles. The molecule has 1 saturated heterocycles. The first kappa shape index (κ1) is 20.4. The Morgan fingerprint density at radius 1 is 1.10 bits per heavy atom. The summed E-state index contributed by atoms with van der Waals surface area (Å²) in [7, 11) is -3.06. The molecule has 0 spiro atoms. The molecule has 4 aliphatic rings. The second kappa shape index (κ2) is 7.58. The molecule has 8 heteroatoms. The predicted molar refractivity (Wildman–Crippen MR) is 117 cm³/mol. The van der Waals surface area contributed by atoms with Crippen LogP contribution in [0, 0.1) is 12.7 Å². The lowest BCUT2D eigenvalue weighted by Crippen LogP contribution is -2.44. The summed E-state index contributed by atoms with van der Waals surface area (Å²) >= 11 is 0. The highest BCUT2D eigenvalue weighted by Gasteiger charge is 2.39. The molecule has 6 nitrogen and oxygen atoms in total. The van der Waals surface area contributed by atoms with Gasteiger partial charge in [-0.25, -0.2) is 17.8 Å². The third-order valence-corrected chi connectivity index (χ3v) is 8.58. The standard InChI is InChI=1S/C23H26FN3O3S/c1-14-12-17(6-7-18(14)24)26-19-13-25-22(21-16-4-2-15(3-5-16)20(19)21)23(28)27-8-10-31(29,30)11-9-27/h6-7,12-13,15-16,26H,2-5,8-11H2,1H3. The minimum atomic E-state index is -3.06. The van der Waals surface area contributed by atoms with Crippen LogP contribution in [0.5, 0.6) is 0 Å². The van der Waals surface area contributed by atoms with Crippen LogP contribution >= 0.6 is 0 Å². The maximum absolute atomic E-state index is 13.7. The van der Waals surface area contributed by atoms with Gasteiger partial charge < -0.3 is 10.2 Å². The fourth-order valence-corrected chi connectivity index (χ4v) is 6.48. The number of nitrogens with one attached hydrogen (secondary N) is 1. The number of aryl methyl sites for hydroxylation is 1. The largest absolute Gasteiger partial charge is 0.354 e. The van der Waals surface area contributed by atoms with Crippen LogP contribution in [0.2, 0.25) is 0 Å². The molecular weight excluding hydrogens is 417 g/mol. The number of hydrogen-bond donors (Lipinski definition) is 1. The summed E-state index contributed by atoms with van der Waals surface area (Å²) in [6.07, 6.45) is 6.00. The van der Waals surface area contributed by atoms with Crippen LogP contribution in [0.3, 0.4) is 0 Å². The summed E-state index contributed by atoms with van der Waals surface area (Å²) in [4.78, 5) is 19.5. The van der Waals surface area contributed by atoms with Crippen LogP contribution in [0.1, 0.15) is 64.7 Å². The average Bonchev–Trinajstić information content (AvgIpc) is 2.77. The van der Waals surface area contributed by atoms with Gasteiger partial charge in [0.25, 0.3) is 5.91 Å². The predicted octanol–water partition coefficient (Wildman–Crippen LogP) is 3.90. The summed E-state index contributed by atoms with van der Waals surface area (Å²) in [6, 6.07) is 4.94. The van der Waals surface area contributed by atoms with Crippen molar-refractivity contribution in [1.29, 1.82) is 0 Å². The van der Waals surface area contributed by atoms with E-state index in [9.17, 15) is 17.6 Å². The Labute approximate surface area is 181 Å². The number of carbonyl (C=O) groups excluding carboxylic acids is 1. The van der Waals surface area contributed by atoms with Crippen molar-refractivity contribution in [2.75, 3.05) is 29.9 Å². The summed E-state index contributed by atoms with van der Waals surface area (Å²) in [5, 5.41) is 3.41. The molecule has 2 aromatic rings. The van der Waals surface area contributed by atoms with Crippen molar-refractivity contribution in [3.63, 3.8) is 0 Å². The van der Waals surface area contributed by atoms with Gasteiger partial charge in [0.1, 0.15) is 11.5 Å². The van der Waals surface area contributed by atoms with Crippen molar-refractivity contribution in [3.05, 3.63) is 52.6 Å². The van der Waals surface area contributed by atoms with Gasteiger partial charge in [-0.3, -0.25) is 4.79 Å². The van der Waals surface area contributed by atoms with Gasteiger partial charge in [-0.05, 0) is 79.3 Å². The van der Waals surface area contributed by atoms with E-state index in [2.05, 4.69) is 10.3 Å². The SMILES string of the molecule is Cc1cc(Nc2cnc(C(=O)N3CCS(=O)(=O)CC3)c3c2C2CCC3CC2)ccc1F. The molecule has 2 fully saturated rings. The van der Waals surface area contributed by atoms with Gasteiger partial charge in [0.2, 0.25) is 0 Å². The van der Waals surface area contributed by atoms with Crippen molar-refractivity contribution < 1.29 is 17.6 Å². The Kier molecular flexibility index (Phi) is 5.00. The number of benzene rings is 1. The zero-order valence-corrected chi connectivity index (χ0v) is 18.3. The van der Waals surface area contributed by atoms with Gasteiger partial charge >= 0.3 is 0 Å². The number of pyridine rings is 1. The van der Waals surface area contributed by atoms with E-state index in [0.717, 1.165) is 48.2 Å². The summed E-state index contributed by atoms with van der Waals surface area (Å²) in [5.74, 6) is 0.293. The molecule has 1 aromatic heterocycles. The van der Waals surface area contributed by atoms with Crippen molar-refractivity contribution in [2.45, 2.75) is 44.4 Å². The van der Waals surface area contributed by atoms with Crippen LogP contribution in [-0.4, -0.2) is 48.8 Å². The zero-order valence-electron chi connectivity index (χ0n) is 17.5. The zero-order chi connectivity index (χ0) is 21.8. The Hall–Kier alpha value is -2.48. The lowest BCUT2D eigenvalue weighted by molar-refractivity contribution is 0.0761. The number of fused-ring (bicyclic) bond motifs is 2. The van der Waals surface area contributed by atoms with Crippen LogP contribution in [-0.2, 0) is 9.84 Å². The first-order valence-electron chi connectivity index (χ1n) is 10.9. The number of nitrogens with zero attached hydrogens (tertiary/aromatic N) is 2. The van der Waals surface area contributed by atoms with Gasteiger partial charge in [0, 0.05) is 18.8 Å². The molecule has 31 heavy (non-hydrogen) atoms. The van der Waals surface area contributed by atoms with E-state index in [4.69, 9.17) is 0 Å². The highest BCUT2D eigenvalue weighted by molar-refractivity contribution is 7.91. The van der Waals surface area contributed by atoms with E-state index in [0.29, 0.717) is 23.1 Å². The average molecular weight is 444 g/mol. The van der Waals surface area contributed by atoms with E-state index in [1.807, 2.05) is 0 Å². The van der Waals surface area contributed by atoms with E-state index >= 15 is 0 Å². The second-order valence-corrected chi connectivity index (χ2v) is 11.2. The van der Waals surface area contributed by atoms with Crippen molar-refractivity contribution in [2.24, 2.45) is 0 Å². The van der Waals surface area contributed by atoms with Crippen molar-refractivity contribution >= 4 is 27.1 Å². The normalized spacial score (nSPS) is 24.0. The summed E-state index contributed by atoms with van der Waals surface area (Å²) in [5.41, 5.74) is 4.92. The lowest BCUT2D eigenvalue weighted by atomic mass is 9.66. The highest BCUT2D eigenvalue weighted by Crippen LogP contribution is 2.53. The fourth-order valence-electron chi connectivity index (χ4n) is 5.28. The summed E-state index contributed by atoms with van der Waals surface area (Å²) in [6.45, 7) is 2.18. The molecule has 3 aliphatic carbocycles. The second-order valence-electron chi connectivity index (χ2n) is 8.93. The van der Waals surface area contributed by atoms with Gasteiger partial charge in [0.05, 0.1) is 23.4 Å². The van der Waals surface area contributed by atoms with Crippen molar-refractivity contribution in [1.82, 2.24) is 9.88 Å². The third-order valence-electron chi connectivity index (χ3n) is 6.97. The Morgan fingerprint density at radius 3 is 2.39 bits per heavy atom. The Bertz CT molecular complexity index is 1140. The third kappa shape index (κ3) is 3.71. The number of rotatable bonds is 3. The van der Waals surface area contributed by atoms with Crippen LogP contribution < -0.4 is 5.32 Å². The van der Waals surface area contributed by atoms with Crippen molar-refractivity contribution in [3.8, 4) is 0 Å². The molecule has 1 amide bonds. The van der Waals surface area contributed by atoms with Gasteiger partial charge in [-0.1, -0.05) is 0 Å². The van der Waals surface area contributed by atoms with E-state index in [1.54, 1.807) is 30.2 Å². The number of carbonyl (C=O) groups is 1. The molecular formula is C23H26FN3O3S. The van der Waals surface area contributed by atoms with E-state index in [-0.39, 0.29) is 36.3 Å². The van der Waals surface area contributed by atoms with Gasteiger partial charge in [0.15, 0.2) is 9.84 Å². The molecule has 0 atom stereocenters. The molecule has 2 heterocycles. The number of sulfone groups is 1. The number of anilines is 2. The number of halogens is 1. The topological polar surface area (TPSA) is 79.4 Å². The smallest absolute Gasteiger partial charge is 0.272 e. The Morgan fingerprint density at radius 2 is 1.74 bits per heavy atom. The van der Waals surface area contributed by atoms with Crippen LogP contribution in [0.25, 0.3) is 0 Å². The maximum atomic E-state index is 13.7. The number of aromatic nitrogens is 1. The maximum Gasteiger partial charge on any atom is 0.272 e. The summed E-state index contributed by atoms with van der Waals surface area (Å²) < 4.78 is 37.2. The molecule has 2 bridgehead atoms. The fraction of sp³-hybridized carbons (Fsp3) is 0.478. The molecule has 1 saturated carbocycles. The minimum absolute atomic E-state index is 0.0105. The van der Waals surface area contributed by atoms with Gasteiger partial charge in [-0.2, -0.15) is 0 Å². The first-order valence-corrected chi connectivity index (χ1v) is 12.7. The molecule has 1 aromatic carbocycles. The molecule has 0 unspecified atom stereocenters. The lowest BCUT2D eigenvalue weighted by Gasteiger charge is -2.40. The minimum Gasteiger partial charge on any atom is -0.354 e. The number of amides is 1. The Balaban J connectivity index is 1.52. The molecule has 0 radical (unpaired) electrons.